The van der Waals surface area contributed by atoms with Crippen molar-refractivity contribution in [3.63, 3.8) is 0 Å². The van der Waals surface area contributed by atoms with Gasteiger partial charge in [0, 0.05) is 19.1 Å². The van der Waals surface area contributed by atoms with Gasteiger partial charge in [-0.1, -0.05) is 0 Å². The Bertz CT molecular complexity index is 109. The largest absolute Gasteiger partial charge is 0.312 e. The number of likely N-dealkylation sites (N-methyl/N-ethyl adjacent to an activating group) is 1. The van der Waals surface area contributed by atoms with Crippen molar-refractivity contribution in [2.75, 3.05) is 26.7 Å². The number of rotatable bonds is 0. The molecule has 0 saturated carbocycles. The first-order valence-electron chi connectivity index (χ1n) is 3.76. The van der Waals surface area contributed by atoms with Gasteiger partial charge in [-0.3, -0.25) is 0 Å². The van der Waals surface area contributed by atoms with Crippen LogP contribution in [0.3, 0.4) is 0 Å². The molecular weight excluding hydrogens is 272 g/mol. The van der Waals surface area contributed by atoms with E-state index >= 15 is 0 Å². The third-order valence-corrected chi connectivity index (χ3v) is 2.41. The molecule has 68 valence electrons. The topological polar surface area (TPSA) is 15.3 Å². The van der Waals surface area contributed by atoms with Crippen molar-refractivity contribution in [2.45, 2.75) is 12.5 Å². The number of piperidine rings is 1. The van der Waals surface area contributed by atoms with Crippen LogP contribution < -0.4 is 5.32 Å². The number of hydrogen-bond acceptors (Lipinski definition) is 2. The molecule has 1 N–H and O–H groups in total. The molecule has 0 aromatic rings. The molecule has 2 nitrogen and oxygen atoms in total. The maximum Gasteiger partial charge on any atom is 0.0198 e. The van der Waals surface area contributed by atoms with Crippen LogP contribution >= 0.6 is 34.0 Å². The fourth-order valence-corrected chi connectivity index (χ4v) is 2.07. The van der Waals surface area contributed by atoms with E-state index in [2.05, 4.69) is 17.3 Å². The molecule has 2 atom stereocenters. The lowest BCUT2D eigenvalue weighted by Gasteiger charge is -2.26. The number of halogens is 2. The molecule has 2 unspecified atom stereocenters. The molecule has 2 rings (SSSR count). The van der Waals surface area contributed by atoms with Crippen LogP contribution in [-0.2, 0) is 0 Å². The Hall–Kier alpha value is 0.880. The van der Waals surface area contributed by atoms with Crippen molar-refractivity contribution in [2.24, 2.45) is 5.92 Å². The highest BCUT2D eigenvalue weighted by Gasteiger charge is 2.30. The third-order valence-electron chi connectivity index (χ3n) is 2.41. The maximum atomic E-state index is 3.51. The van der Waals surface area contributed by atoms with Crippen molar-refractivity contribution in [3.05, 3.63) is 0 Å². The van der Waals surface area contributed by atoms with Crippen LogP contribution in [0.2, 0.25) is 0 Å². The van der Waals surface area contributed by atoms with E-state index in [0.717, 1.165) is 12.0 Å². The summed E-state index contributed by atoms with van der Waals surface area (Å²) in [6.07, 6.45) is 1.42. The van der Waals surface area contributed by atoms with Crippen molar-refractivity contribution in [1.82, 2.24) is 10.2 Å². The average molecular weight is 288 g/mol. The molecule has 2 aliphatic heterocycles. The monoisotopic (exact) mass is 286 g/mol. The van der Waals surface area contributed by atoms with Gasteiger partial charge >= 0.3 is 0 Å². The summed E-state index contributed by atoms with van der Waals surface area (Å²) in [7, 11) is 2.21. The summed E-state index contributed by atoms with van der Waals surface area (Å²) < 4.78 is 0. The van der Waals surface area contributed by atoms with E-state index in [1.54, 1.807) is 0 Å². The van der Waals surface area contributed by atoms with E-state index < -0.39 is 0 Å². The van der Waals surface area contributed by atoms with Crippen LogP contribution in [0.25, 0.3) is 0 Å². The van der Waals surface area contributed by atoms with E-state index in [1.165, 1.54) is 26.1 Å². The molecule has 4 heteroatoms. The second kappa shape index (κ2) is 4.80. The van der Waals surface area contributed by atoms with E-state index in [9.17, 15) is 0 Å². The Kier molecular flexibility index (Phi) is 5.18. The van der Waals surface area contributed by atoms with Gasteiger partial charge in [-0.2, -0.15) is 0 Å². The molecule has 0 spiro atoms. The Morgan fingerprint density at radius 1 is 1.27 bits per heavy atom. The standard InChI is InChI=1S/C7H14N2.2BrH/c1-9-4-6-2-7(5-9)8-3-6;;/h6-8H,2-5H2,1H3;2*1H. The molecule has 0 radical (unpaired) electrons. The number of fused-ring (bicyclic) bond motifs is 2. The van der Waals surface area contributed by atoms with E-state index in [0.29, 0.717) is 0 Å². The van der Waals surface area contributed by atoms with Crippen LogP contribution in [0, 0.1) is 5.92 Å². The minimum atomic E-state index is 0. The Morgan fingerprint density at radius 3 is 2.64 bits per heavy atom. The Balaban J connectivity index is 0.000000500. The molecule has 0 aromatic heterocycles. The minimum Gasteiger partial charge on any atom is -0.312 e. The van der Waals surface area contributed by atoms with Crippen LogP contribution in [-0.4, -0.2) is 37.6 Å². The summed E-state index contributed by atoms with van der Waals surface area (Å²) in [6, 6.07) is 0.814. The number of hydrogen-bond donors (Lipinski definition) is 1. The summed E-state index contributed by atoms with van der Waals surface area (Å²) >= 11 is 0. The highest BCUT2D eigenvalue weighted by molar-refractivity contribution is 8.93. The molecule has 11 heavy (non-hydrogen) atoms. The first kappa shape index (κ1) is 11.9. The lowest BCUT2D eigenvalue weighted by Crippen LogP contribution is -2.38. The van der Waals surface area contributed by atoms with Crippen LogP contribution in [0.4, 0.5) is 0 Å². The Labute approximate surface area is 89.3 Å². The van der Waals surface area contributed by atoms with Crippen molar-refractivity contribution in [1.29, 1.82) is 0 Å². The maximum absolute atomic E-state index is 3.51. The van der Waals surface area contributed by atoms with E-state index in [-0.39, 0.29) is 34.0 Å². The molecule has 2 saturated heterocycles. The first-order valence-corrected chi connectivity index (χ1v) is 3.76. The van der Waals surface area contributed by atoms with Crippen molar-refractivity contribution in [3.8, 4) is 0 Å². The van der Waals surface area contributed by atoms with E-state index in [1.807, 2.05) is 0 Å². The molecule has 0 aromatic carbocycles. The predicted octanol–water partition coefficient (Wildman–Crippen LogP) is 1.07. The highest BCUT2D eigenvalue weighted by Crippen LogP contribution is 2.20. The number of nitrogens with zero attached hydrogens (tertiary/aromatic N) is 1. The second-order valence-corrected chi connectivity index (χ2v) is 3.43. The normalized spacial score (nSPS) is 35.7. The quantitative estimate of drug-likeness (QED) is 0.717. The lowest BCUT2D eigenvalue weighted by molar-refractivity contribution is 0.233. The molecule has 2 fully saturated rings. The Morgan fingerprint density at radius 2 is 2.00 bits per heavy atom. The van der Waals surface area contributed by atoms with Gasteiger partial charge in [0.1, 0.15) is 0 Å². The first-order chi connectivity index (χ1) is 4.34. The smallest absolute Gasteiger partial charge is 0.0198 e. The molecular formula is C7H16Br2N2. The summed E-state index contributed by atoms with van der Waals surface area (Å²) in [6.45, 7) is 3.83. The average Bonchev–Trinajstić information content (AvgIpc) is 2.11. The summed E-state index contributed by atoms with van der Waals surface area (Å²) in [5.41, 5.74) is 0. The van der Waals surface area contributed by atoms with Crippen LogP contribution in [0.15, 0.2) is 0 Å². The minimum absolute atomic E-state index is 0. The molecule has 2 aliphatic rings. The van der Waals surface area contributed by atoms with Gasteiger partial charge in [0.2, 0.25) is 0 Å². The van der Waals surface area contributed by atoms with Crippen LogP contribution in [0.1, 0.15) is 6.42 Å². The van der Waals surface area contributed by atoms with Gasteiger partial charge in [0.25, 0.3) is 0 Å². The molecule has 0 amide bonds. The zero-order chi connectivity index (χ0) is 6.27. The van der Waals surface area contributed by atoms with Gasteiger partial charge in [0.15, 0.2) is 0 Å². The van der Waals surface area contributed by atoms with Gasteiger partial charge < -0.3 is 10.2 Å². The lowest BCUT2D eigenvalue weighted by atomic mass is 10.0. The molecule has 2 bridgehead atoms. The zero-order valence-corrected chi connectivity index (χ0v) is 10.2. The molecule has 0 aliphatic carbocycles. The second-order valence-electron chi connectivity index (χ2n) is 3.43. The van der Waals surface area contributed by atoms with Gasteiger partial charge in [0.05, 0.1) is 0 Å². The SMILES string of the molecule is Br.Br.CN1CC2CNC(C2)C1. The summed E-state index contributed by atoms with van der Waals surface area (Å²) in [5.74, 6) is 0.953. The number of likely N-dealkylation sites (tertiary alicyclic amines) is 1. The predicted molar refractivity (Wildman–Crippen MR) is 58.0 cm³/mol. The van der Waals surface area contributed by atoms with Crippen LogP contribution in [0.5, 0.6) is 0 Å². The number of nitrogens with one attached hydrogen (secondary N) is 1. The summed E-state index contributed by atoms with van der Waals surface area (Å²) in [4.78, 5) is 2.43. The summed E-state index contributed by atoms with van der Waals surface area (Å²) in [5, 5.41) is 3.51. The fourth-order valence-electron chi connectivity index (χ4n) is 2.07. The van der Waals surface area contributed by atoms with Gasteiger partial charge in [-0.15, -0.1) is 34.0 Å². The van der Waals surface area contributed by atoms with Gasteiger partial charge in [-0.05, 0) is 25.9 Å². The fraction of sp³-hybridized carbons (Fsp3) is 1.00. The van der Waals surface area contributed by atoms with Crippen molar-refractivity contribution >= 4 is 34.0 Å². The zero-order valence-electron chi connectivity index (χ0n) is 6.75. The van der Waals surface area contributed by atoms with Gasteiger partial charge in [-0.25, -0.2) is 0 Å². The van der Waals surface area contributed by atoms with Crippen molar-refractivity contribution < 1.29 is 0 Å². The van der Waals surface area contributed by atoms with E-state index in [4.69, 9.17) is 0 Å². The molecule has 2 heterocycles. The third kappa shape index (κ3) is 2.68. The highest BCUT2D eigenvalue weighted by atomic mass is 79.9.